The first-order chi connectivity index (χ1) is 13.7. The Morgan fingerprint density at radius 3 is 2.07 bits per heavy atom. The molecule has 29 heavy (non-hydrogen) atoms. The van der Waals surface area contributed by atoms with E-state index in [9.17, 15) is 23.1 Å². The van der Waals surface area contributed by atoms with Crippen molar-refractivity contribution in [3.8, 4) is 5.75 Å². The summed E-state index contributed by atoms with van der Waals surface area (Å²) in [6, 6.07) is 10.3. The molecule has 0 N–H and O–H groups in total. The molecule has 1 aliphatic rings. The normalized spacial score (nSPS) is 15.2. The van der Waals surface area contributed by atoms with Crippen molar-refractivity contribution in [2.45, 2.75) is 11.8 Å². The van der Waals surface area contributed by atoms with E-state index < -0.39 is 16.0 Å². The van der Waals surface area contributed by atoms with Gasteiger partial charge in [0.15, 0.2) is 0 Å². The summed E-state index contributed by atoms with van der Waals surface area (Å²) in [5.74, 6) is -0.995. The number of benzene rings is 2. The summed E-state index contributed by atoms with van der Waals surface area (Å²) in [6.07, 6.45) is 0. The van der Waals surface area contributed by atoms with Gasteiger partial charge in [-0.15, -0.1) is 0 Å². The van der Waals surface area contributed by atoms with E-state index in [-0.39, 0.29) is 42.5 Å². The summed E-state index contributed by atoms with van der Waals surface area (Å²) < 4.78 is 32.4. The minimum atomic E-state index is -3.68. The second-order valence-electron chi connectivity index (χ2n) is 6.69. The molecule has 0 saturated carbocycles. The van der Waals surface area contributed by atoms with E-state index in [0.717, 1.165) is 0 Å². The number of carboxylic acids is 1. The molecule has 8 nitrogen and oxygen atoms in total. The van der Waals surface area contributed by atoms with Crippen molar-refractivity contribution in [3.05, 3.63) is 59.2 Å². The van der Waals surface area contributed by atoms with E-state index in [1.54, 1.807) is 24.0 Å². The molecule has 0 spiro atoms. The Morgan fingerprint density at radius 2 is 1.55 bits per heavy atom. The van der Waals surface area contributed by atoms with Crippen molar-refractivity contribution in [2.24, 2.45) is 0 Å². The molecule has 0 radical (unpaired) electrons. The van der Waals surface area contributed by atoms with Gasteiger partial charge in [0.05, 0.1) is 18.0 Å². The lowest BCUT2D eigenvalue weighted by Gasteiger charge is -2.34. The van der Waals surface area contributed by atoms with Crippen LogP contribution in [0, 0.1) is 6.92 Å². The van der Waals surface area contributed by atoms with E-state index in [0.29, 0.717) is 16.9 Å². The third-order valence-corrected chi connectivity index (χ3v) is 6.95. The Kier molecular flexibility index (Phi) is 5.90. The minimum absolute atomic E-state index is 0.00711. The first-order valence-corrected chi connectivity index (χ1v) is 10.4. The van der Waals surface area contributed by atoms with Crippen LogP contribution in [0.2, 0.25) is 0 Å². The summed E-state index contributed by atoms with van der Waals surface area (Å²) >= 11 is 0. The van der Waals surface area contributed by atoms with Gasteiger partial charge in [-0.3, -0.25) is 4.79 Å². The Hall–Kier alpha value is -2.91. The summed E-state index contributed by atoms with van der Waals surface area (Å²) in [6.45, 7) is 2.56. The largest absolute Gasteiger partial charge is 0.545 e. The number of nitrogens with zero attached hydrogens (tertiary/aromatic N) is 2. The molecule has 0 unspecified atom stereocenters. The van der Waals surface area contributed by atoms with Gasteiger partial charge in [-0.1, -0.05) is 12.1 Å². The molecule has 0 bridgehead atoms. The second-order valence-corrected chi connectivity index (χ2v) is 8.60. The van der Waals surface area contributed by atoms with Crippen molar-refractivity contribution >= 4 is 21.9 Å². The smallest absolute Gasteiger partial charge is 0.253 e. The number of hydrogen-bond acceptors (Lipinski definition) is 6. The highest BCUT2D eigenvalue weighted by Crippen LogP contribution is 2.25. The summed E-state index contributed by atoms with van der Waals surface area (Å²) in [5.41, 5.74) is 0.931. The Labute approximate surface area is 169 Å². The third-order valence-electron chi connectivity index (χ3n) is 4.89. The fraction of sp³-hybridized carbons (Fsp3) is 0.300. The maximum absolute atomic E-state index is 13.0. The van der Waals surface area contributed by atoms with Gasteiger partial charge in [-0.25, -0.2) is 8.42 Å². The van der Waals surface area contributed by atoms with Crippen molar-refractivity contribution in [1.82, 2.24) is 9.21 Å². The average molecular weight is 417 g/mol. The Bertz CT molecular complexity index is 1030. The van der Waals surface area contributed by atoms with Crippen molar-refractivity contribution in [3.63, 3.8) is 0 Å². The zero-order valence-electron chi connectivity index (χ0n) is 16.1. The molecular weight excluding hydrogens is 396 g/mol. The maximum atomic E-state index is 13.0. The molecular formula is C20H21N2O6S-. The highest BCUT2D eigenvalue weighted by atomic mass is 32.2. The molecule has 2 aromatic carbocycles. The minimum Gasteiger partial charge on any atom is -0.545 e. The van der Waals surface area contributed by atoms with Crippen LogP contribution in [0.5, 0.6) is 5.75 Å². The molecule has 1 amide bonds. The second kappa shape index (κ2) is 8.22. The Balaban J connectivity index is 1.69. The van der Waals surface area contributed by atoms with Crippen molar-refractivity contribution in [1.29, 1.82) is 0 Å². The van der Waals surface area contributed by atoms with Crippen molar-refractivity contribution in [2.75, 3.05) is 33.3 Å². The summed E-state index contributed by atoms with van der Waals surface area (Å²) in [7, 11) is -2.16. The average Bonchev–Trinajstić information content (AvgIpc) is 2.73. The van der Waals surface area contributed by atoms with Crippen LogP contribution < -0.4 is 9.84 Å². The fourth-order valence-corrected chi connectivity index (χ4v) is 4.87. The van der Waals surface area contributed by atoms with Crippen LogP contribution in [0.1, 0.15) is 26.3 Å². The van der Waals surface area contributed by atoms with Crippen LogP contribution in [-0.2, 0) is 10.0 Å². The number of carboxylic acid groups (broad SMARTS) is 1. The first-order valence-electron chi connectivity index (χ1n) is 8.99. The van der Waals surface area contributed by atoms with Crippen LogP contribution >= 0.6 is 0 Å². The van der Waals surface area contributed by atoms with Gasteiger partial charge in [-0.2, -0.15) is 4.31 Å². The molecule has 0 atom stereocenters. The molecule has 1 aliphatic heterocycles. The Morgan fingerprint density at radius 1 is 0.966 bits per heavy atom. The number of aromatic carboxylic acids is 1. The van der Waals surface area contributed by atoms with E-state index >= 15 is 0 Å². The van der Waals surface area contributed by atoms with Crippen LogP contribution in [0.25, 0.3) is 0 Å². The fourth-order valence-electron chi connectivity index (χ4n) is 3.24. The predicted octanol–water partition coefficient (Wildman–Crippen LogP) is 0.514. The highest BCUT2D eigenvalue weighted by molar-refractivity contribution is 7.89. The lowest BCUT2D eigenvalue weighted by atomic mass is 10.1. The molecule has 1 saturated heterocycles. The molecule has 0 aromatic heterocycles. The SMILES string of the molecule is COc1ccc(S(=O)(=O)N2CCN(C(=O)c3ccc(C(=O)[O-])cc3)CC2)c(C)c1. The number of piperazine rings is 1. The molecule has 0 aliphatic carbocycles. The molecule has 2 aromatic rings. The molecule has 9 heteroatoms. The van der Waals surface area contributed by atoms with Gasteiger partial charge < -0.3 is 19.5 Å². The van der Waals surface area contributed by atoms with E-state index in [1.165, 1.54) is 41.7 Å². The van der Waals surface area contributed by atoms with E-state index in [1.807, 2.05) is 0 Å². The number of carbonyl (C=O) groups excluding carboxylic acids is 2. The monoisotopic (exact) mass is 417 g/mol. The van der Waals surface area contributed by atoms with Gasteiger partial charge in [0.1, 0.15) is 5.75 Å². The van der Waals surface area contributed by atoms with Crippen LogP contribution in [-0.4, -0.2) is 62.8 Å². The zero-order chi connectivity index (χ0) is 21.2. The topological polar surface area (TPSA) is 107 Å². The molecule has 1 heterocycles. The quantitative estimate of drug-likeness (QED) is 0.702. The number of methoxy groups -OCH3 is 1. The lowest BCUT2D eigenvalue weighted by Crippen LogP contribution is -2.50. The molecule has 3 rings (SSSR count). The van der Waals surface area contributed by atoms with Crippen LogP contribution in [0.3, 0.4) is 0 Å². The van der Waals surface area contributed by atoms with E-state index in [4.69, 9.17) is 4.74 Å². The van der Waals surface area contributed by atoms with Gasteiger partial charge in [-0.05, 0) is 48.4 Å². The summed E-state index contributed by atoms with van der Waals surface area (Å²) in [5, 5.41) is 10.8. The number of rotatable bonds is 5. The lowest BCUT2D eigenvalue weighted by molar-refractivity contribution is -0.255. The highest BCUT2D eigenvalue weighted by Gasteiger charge is 2.31. The zero-order valence-corrected chi connectivity index (χ0v) is 16.9. The van der Waals surface area contributed by atoms with Crippen LogP contribution in [0.4, 0.5) is 0 Å². The first kappa shape index (κ1) is 20.8. The van der Waals surface area contributed by atoms with Gasteiger partial charge in [0, 0.05) is 31.7 Å². The van der Waals surface area contributed by atoms with Crippen LogP contribution in [0.15, 0.2) is 47.4 Å². The third kappa shape index (κ3) is 4.25. The molecule has 154 valence electrons. The van der Waals surface area contributed by atoms with Gasteiger partial charge in [0.25, 0.3) is 5.91 Å². The predicted molar refractivity (Wildman–Crippen MR) is 103 cm³/mol. The van der Waals surface area contributed by atoms with Gasteiger partial charge >= 0.3 is 0 Å². The van der Waals surface area contributed by atoms with E-state index in [2.05, 4.69) is 0 Å². The standard InChI is InChI=1S/C20H22N2O6S/c1-14-13-17(28-2)7-8-18(14)29(26,27)22-11-9-21(10-12-22)19(23)15-3-5-16(6-4-15)20(24)25/h3-8,13H,9-12H2,1-2H3,(H,24,25)/p-1. The summed E-state index contributed by atoms with van der Waals surface area (Å²) in [4.78, 5) is 25.2. The number of aryl methyl sites for hydroxylation is 1. The number of hydrogen-bond donors (Lipinski definition) is 0. The van der Waals surface area contributed by atoms with Crippen molar-refractivity contribution < 1.29 is 27.9 Å². The molecule has 1 fully saturated rings. The van der Waals surface area contributed by atoms with Gasteiger partial charge in [0.2, 0.25) is 10.0 Å². The number of ether oxygens (including phenoxy) is 1. The number of sulfonamides is 1. The number of carbonyl (C=O) groups is 2. The number of amides is 1. The maximum Gasteiger partial charge on any atom is 0.253 e.